The van der Waals surface area contributed by atoms with Crippen molar-refractivity contribution in [2.75, 3.05) is 6.79 Å². The lowest BCUT2D eigenvalue weighted by Gasteiger charge is -2.08. The van der Waals surface area contributed by atoms with Gasteiger partial charge in [-0.05, 0) is 49.4 Å². The van der Waals surface area contributed by atoms with Gasteiger partial charge in [-0.2, -0.15) is 0 Å². The van der Waals surface area contributed by atoms with E-state index < -0.39 is 0 Å². The van der Waals surface area contributed by atoms with E-state index in [2.05, 4.69) is 0 Å². The first-order valence-electron chi connectivity index (χ1n) is 7.03. The molecule has 1 aliphatic carbocycles. The molecule has 0 amide bonds. The van der Waals surface area contributed by atoms with E-state index in [4.69, 9.17) is 14.2 Å². The number of ether oxygens (including phenoxy) is 3. The number of fused-ring (bicyclic) bond motifs is 2. The second-order valence-corrected chi connectivity index (χ2v) is 6.31. The van der Waals surface area contributed by atoms with Crippen molar-refractivity contribution in [2.24, 2.45) is 0 Å². The summed E-state index contributed by atoms with van der Waals surface area (Å²) < 4.78 is 16.0. The molecule has 0 N–H and O–H groups in total. The highest BCUT2D eigenvalue weighted by molar-refractivity contribution is 7.14. The van der Waals surface area contributed by atoms with Gasteiger partial charge in [-0.25, -0.2) is 4.79 Å². The first-order chi connectivity index (χ1) is 10.3. The van der Waals surface area contributed by atoms with Crippen molar-refractivity contribution in [2.45, 2.75) is 25.7 Å². The summed E-state index contributed by atoms with van der Waals surface area (Å²) in [4.78, 5) is 14.3. The fourth-order valence-corrected chi connectivity index (χ4v) is 3.82. The molecule has 0 radical (unpaired) electrons. The summed E-state index contributed by atoms with van der Waals surface area (Å²) in [7, 11) is 0. The Hall–Kier alpha value is -2.01. The number of aryl methyl sites for hydroxylation is 2. The van der Waals surface area contributed by atoms with Crippen LogP contribution < -0.4 is 14.2 Å². The largest absolute Gasteiger partial charge is 0.454 e. The molecule has 0 bridgehead atoms. The molecular weight excluding hydrogens is 288 g/mol. The van der Waals surface area contributed by atoms with E-state index in [0.717, 1.165) is 12.8 Å². The predicted molar refractivity (Wildman–Crippen MR) is 78.5 cm³/mol. The van der Waals surface area contributed by atoms with Gasteiger partial charge in [-0.1, -0.05) is 0 Å². The highest BCUT2D eigenvalue weighted by atomic mass is 32.1. The quantitative estimate of drug-likeness (QED) is 0.628. The number of esters is 1. The number of hydrogen-bond donors (Lipinski definition) is 0. The van der Waals surface area contributed by atoms with E-state index in [1.165, 1.54) is 23.3 Å². The maximum Gasteiger partial charge on any atom is 0.353 e. The van der Waals surface area contributed by atoms with Gasteiger partial charge >= 0.3 is 5.97 Å². The van der Waals surface area contributed by atoms with Gasteiger partial charge in [0.1, 0.15) is 10.6 Å². The molecular formula is C16H14O4S. The Labute approximate surface area is 126 Å². The third kappa shape index (κ3) is 2.38. The maximum atomic E-state index is 12.2. The standard InChI is InChI=1S/C16H14O4S/c17-16(15-7-10-3-1-2-4-14(10)21-15)20-11-5-6-12-13(8-11)19-9-18-12/h5-8H,1-4,9H2. The molecule has 4 nitrogen and oxygen atoms in total. The number of carbonyl (C=O) groups excluding carboxylic acids is 1. The summed E-state index contributed by atoms with van der Waals surface area (Å²) in [5.41, 5.74) is 1.31. The molecule has 0 atom stereocenters. The minimum Gasteiger partial charge on any atom is -0.454 e. The summed E-state index contributed by atoms with van der Waals surface area (Å²) in [6, 6.07) is 7.14. The highest BCUT2D eigenvalue weighted by Gasteiger charge is 2.20. The lowest BCUT2D eigenvalue weighted by molar-refractivity contribution is 0.0739. The molecule has 2 aliphatic rings. The van der Waals surface area contributed by atoms with E-state index in [1.807, 2.05) is 6.07 Å². The van der Waals surface area contributed by atoms with E-state index in [-0.39, 0.29) is 12.8 Å². The zero-order valence-electron chi connectivity index (χ0n) is 11.4. The molecule has 1 aromatic carbocycles. The van der Waals surface area contributed by atoms with Crippen LogP contribution in [0.2, 0.25) is 0 Å². The Morgan fingerprint density at radius 3 is 2.86 bits per heavy atom. The zero-order chi connectivity index (χ0) is 14.2. The fraction of sp³-hybridized carbons (Fsp3) is 0.312. The maximum absolute atomic E-state index is 12.2. The Morgan fingerprint density at radius 2 is 1.95 bits per heavy atom. The number of carbonyl (C=O) groups is 1. The van der Waals surface area contributed by atoms with Gasteiger partial charge < -0.3 is 14.2 Å². The van der Waals surface area contributed by atoms with Gasteiger partial charge in [-0.15, -0.1) is 11.3 Å². The summed E-state index contributed by atoms with van der Waals surface area (Å²) >= 11 is 1.56. The van der Waals surface area contributed by atoms with Gasteiger partial charge in [0.15, 0.2) is 11.5 Å². The normalized spacial score (nSPS) is 15.6. The average Bonchev–Trinajstić information content (AvgIpc) is 3.13. The Kier molecular flexibility index (Phi) is 3.07. The molecule has 21 heavy (non-hydrogen) atoms. The molecule has 5 heteroatoms. The molecule has 0 spiro atoms. The van der Waals surface area contributed by atoms with Crippen LogP contribution in [0.3, 0.4) is 0 Å². The number of hydrogen-bond acceptors (Lipinski definition) is 5. The van der Waals surface area contributed by atoms with Crippen molar-refractivity contribution < 1.29 is 19.0 Å². The molecule has 0 saturated heterocycles. The van der Waals surface area contributed by atoms with E-state index >= 15 is 0 Å². The third-order valence-corrected chi connectivity index (χ3v) is 4.97. The first kappa shape index (κ1) is 12.7. The van der Waals surface area contributed by atoms with Gasteiger partial charge in [0.05, 0.1) is 0 Å². The smallest absolute Gasteiger partial charge is 0.353 e. The monoisotopic (exact) mass is 302 g/mol. The molecule has 108 valence electrons. The van der Waals surface area contributed by atoms with Crippen LogP contribution in [-0.2, 0) is 12.8 Å². The summed E-state index contributed by atoms with van der Waals surface area (Å²) in [5, 5.41) is 0. The van der Waals surface area contributed by atoms with Crippen LogP contribution in [0.4, 0.5) is 0 Å². The molecule has 2 heterocycles. The van der Waals surface area contributed by atoms with Crippen molar-refractivity contribution in [3.05, 3.63) is 39.6 Å². The molecule has 1 aromatic heterocycles. The second kappa shape index (κ2) is 5.07. The SMILES string of the molecule is O=C(Oc1ccc2c(c1)OCO2)c1cc2c(s1)CCCC2. The van der Waals surface area contributed by atoms with Crippen LogP contribution in [-0.4, -0.2) is 12.8 Å². The molecule has 0 unspecified atom stereocenters. The Bertz CT molecular complexity index is 681. The second-order valence-electron chi connectivity index (χ2n) is 5.17. The first-order valence-corrected chi connectivity index (χ1v) is 7.85. The van der Waals surface area contributed by atoms with Crippen LogP contribution in [0.25, 0.3) is 0 Å². The van der Waals surface area contributed by atoms with E-state index in [1.54, 1.807) is 29.5 Å². The topological polar surface area (TPSA) is 44.8 Å². The fourth-order valence-electron chi connectivity index (χ4n) is 2.69. The zero-order valence-corrected chi connectivity index (χ0v) is 12.2. The van der Waals surface area contributed by atoms with Gasteiger partial charge in [0.25, 0.3) is 0 Å². The van der Waals surface area contributed by atoms with Crippen LogP contribution in [0.15, 0.2) is 24.3 Å². The molecule has 4 rings (SSSR count). The molecule has 0 fully saturated rings. The predicted octanol–water partition coefficient (Wildman–Crippen LogP) is 3.57. The van der Waals surface area contributed by atoms with E-state index in [0.29, 0.717) is 22.1 Å². The van der Waals surface area contributed by atoms with Crippen molar-refractivity contribution in [1.29, 1.82) is 0 Å². The van der Waals surface area contributed by atoms with Gasteiger partial charge in [0, 0.05) is 10.9 Å². The van der Waals surface area contributed by atoms with Crippen molar-refractivity contribution in [3.8, 4) is 17.2 Å². The lowest BCUT2D eigenvalue weighted by Crippen LogP contribution is -2.06. The summed E-state index contributed by atoms with van der Waals surface area (Å²) in [6.07, 6.45) is 4.57. The Morgan fingerprint density at radius 1 is 1.10 bits per heavy atom. The average molecular weight is 302 g/mol. The Balaban J connectivity index is 1.54. The summed E-state index contributed by atoms with van der Waals surface area (Å²) in [5.74, 6) is 1.48. The van der Waals surface area contributed by atoms with E-state index in [9.17, 15) is 4.79 Å². The molecule has 1 aliphatic heterocycles. The van der Waals surface area contributed by atoms with Crippen molar-refractivity contribution in [1.82, 2.24) is 0 Å². The highest BCUT2D eigenvalue weighted by Crippen LogP contribution is 2.36. The number of rotatable bonds is 2. The number of thiophene rings is 1. The molecule has 2 aromatic rings. The third-order valence-electron chi connectivity index (χ3n) is 3.75. The number of benzene rings is 1. The van der Waals surface area contributed by atoms with Crippen molar-refractivity contribution in [3.63, 3.8) is 0 Å². The van der Waals surface area contributed by atoms with Crippen LogP contribution in [0, 0.1) is 0 Å². The summed E-state index contributed by atoms with van der Waals surface area (Å²) in [6.45, 7) is 0.213. The van der Waals surface area contributed by atoms with Gasteiger partial charge in [-0.3, -0.25) is 0 Å². The van der Waals surface area contributed by atoms with Crippen LogP contribution in [0.1, 0.15) is 33.0 Å². The van der Waals surface area contributed by atoms with Gasteiger partial charge in [0.2, 0.25) is 6.79 Å². The van der Waals surface area contributed by atoms with Crippen LogP contribution in [0.5, 0.6) is 17.2 Å². The van der Waals surface area contributed by atoms with Crippen LogP contribution >= 0.6 is 11.3 Å². The molecule has 0 saturated carbocycles. The van der Waals surface area contributed by atoms with Crippen molar-refractivity contribution >= 4 is 17.3 Å². The minimum atomic E-state index is -0.298. The lowest BCUT2D eigenvalue weighted by atomic mass is 9.99. The minimum absolute atomic E-state index is 0.213.